The summed E-state index contributed by atoms with van der Waals surface area (Å²) in [5.41, 5.74) is 5.57. The van der Waals surface area contributed by atoms with Crippen molar-refractivity contribution < 1.29 is 44.8 Å². The SMILES string of the molecule is N#CC[C@H]1OC(O[C@H]2[C@H](O)[C@@H](N)C(O)O[C@@H]2CO)[C@H](O)[C@@H](O)[C@@H]1O. The third-order valence-electron chi connectivity index (χ3n) is 4.17. The Morgan fingerprint density at radius 2 is 1.62 bits per heavy atom. The molecule has 11 heteroatoms. The summed E-state index contributed by atoms with van der Waals surface area (Å²) in [6.45, 7) is -0.624. The van der Waals surface area contributed by atoms with Crippen LogP contribution < -0.4 is 5.73 Å². The Morgan fingerprint density at radius 1 is 0.958 bits per heavy atom. The van der Waals surface area contributed by atoms with Crippen LogP contribution >= 0.6 is 0 Å². The largest absolute Gasteiger partial charge is 0.394 e. The highest BCUT2D eigenvalue weighted by atomic mass is 16.7. The third-order valence-corrected chi connectivity index (χ3v) is 4.17. The lowest BCUT2D eigenvalue weighted by atomic mass is 9.95. The zero-order valence-corrected chi connectivity index (χ0v) is 12.6. The molecule has 2 rings (SSSR count). The highest BCUT2D eigenvalue weighted by molar-refractivity contribution is 4.96. The van der Waals surface area contributed by atoms with Crippen LogP contribution in [0.25, 0.3) is 0 Å². The van der Waals surface area contributed by atoms with Gasteiger partial charge in [0.05, 0.1) is 25.1 Å². The lowest BCUT2D eigenvalue weighted by Gasteiger charge is -2.45. The maximum atomic E-state index is 10.1. The van der Waals surface area contributed by atoms with Gasteiger partial charge in [0.1, 0.15) is 42.7 Å². The molecule has 24 heavy (non-hydrogen) atoms. The van der Waals surface area contributed by atoms with Gasteiger partial charge in [0.15, 0.2) is 12.6 Å². The van der Waals surface area contributed by atoms with E-state index in [1.54, 1.807) is 6.07 Å². The molecule has 2 aliphatic heterocycles. The Morgan fingerprint density at radius 3 is 2.21 bits per heavy atom. The molecular formula is C13H22N2O9. The van der Waals surface area contributed by atoms with Crippen molar-refractivity contribution in [1.82, 2.24) is 0 Å². The van der Waals surface area contributed by atoms with Crippen molar-refractivity contribution in [2.75, 3.05) is 6.61 Å². The van der Waals surface area contributed by atoms with Crippen molar-refractivity contribution in [3.63, 3.8) is 0 Å². The number of aliphatic hydroxyl groups excluding tert-OH is 6. The normalized spacial score (nSPS) is 49.6. The highest BCUT2D eigenvalue weighted by Gasteiger charge is 2.49. The summed E-state index contributed by atoms with van der Waals surface area (Å²) in [6, 6.07) is 0.536. The standard InChI is InChI=1S/C13H22N2O9/c14-2-1-4-7(17)9(19)10(20)13(23-4)24-11-5(3-16)22-12(21)6(15)8(11)18/h4-13,16-21H,1,3,15H2/t4-,5-,6-,7-,8-,9+,10-,11-,12?,13?/m1/s1. The third kappa shape index (κ3) is 3.68. The Labute approximate surface area is 137 Å². The second kappa shape index (κ2) is 7.98. The first-order valence-corrected chi connectivity index (χ1v) is 7.42. The molecule has 138 valence electrons. The molecule has 0 aromatic rings. The summed E-state index contributed by atoms with van der Waals surface area (Å²) < 4.78 is 15.7. The molecule has 10 atom stereocenters. The number of hydrogen-bond donors (Lipinski definition) is 7. The minimum Gasteiger partial charge on any atom is -0.394 e. The van der Waals surface area contributed by atoms with Crippen LogP contribution in [-0.4, -0.2) is 98.6 Å². The van der Waals surface area contributed by atoms with E-state index in [2.05, 4.69) is 0 Å². The zero-order chi connectivity index (χ0) is 18.0. The maximum absolute atomic E-state index is 10.1. The molecule has 0 amide bonds. The minimum atomic E-state index is -1.68. The van der Waals surface area contributed by atoms with Crippen LogP contribution in [0.4, 0.5) is 0 Å². The number of aliphatic hydroxyl groups is 6. The lowest BCUT2D eigenvalue weighted by molar-refractivity contribution is -0.341. The molecule has 11 nitrogen and oxygen atoms in total. The van der Waals surface area contributed by atoms with Gasteiger partial charge in [0, 0.05) is 0 Å². The van der Waals surface area contributed by atoms with E-state index in [0.29, 0.717) is 0 Å². The average molecular weight is 350 g/mol. The lowest BCUT2D eigenvalue weighted by Crippen LogP contribution is -2.65. The van der Waals surface area contributed by atoms with Crippen molar-refractivity contribution in [3.8, 4) is 6.07 Å². The molecule has 0 aliphatic carbocycles. The molecule has 2 aliphatic rings. The van der Waals surface area contributed by atoms with E-state index >= 15 is 0 Å². The van der Waals surface area contributed by atoms with E-state index in [0.717, 1.165) is 0 Å². The predicted molar refractivity (Wildman–Crippen MR) is 73.7 cm³/mol. The Balaban J connectivity index is 2.13. The summed E-state index contributed by atoms with van der Waals surface area (Å²) in [7, 11) is 0. The quantitative estimate of drug-likeness (QED) is 0.258. The maximum Gasteiger partial charge on any atom is 0.187 e. The molecule has 0 bridgehead atoms. The molecule has 0 aromatic heterocycles. The molecule has 2 heterocycles. The van der Waals surface area contributed by atoms with Crippen molar-refractivity contribution in [3.05, 3.63) is 0 Å². The number of ether oxygens (including phenoxy) is 3. The number of hydrogen-bond acceptors (Lipinski definition) is 11. The molecule has 2 saturated heterocycles. The van der Waals surface area contributed by atoms with Crippen LogP contribution in [0.5, 0.6) is 0 Å². The average Bonchev–Trinajstić information content (AvgIpc) is 2.57. The molecule has 0 aromatic carbocycles. The van der Waals surface area contributed by atoms with Crippen LogP contribution in [0.15, 0.2) is 0 Å². The molecule has 8 N–H and O–H groups in total. The molecular weight excluding hydrogens is 328 g/mol. The Kier molecular flexibility index (Phi) is 6.46. The highest BCUT2D eigenvalue weighted by Crippen LogP contribution is 2.28. The smallest absolute Gasteiger partial charge is 0.187 e. The fourth-order valence-corrected chi connectivity index (χ4v) is 2.71. The first-order chi connectivity index (χ1) is 11.3. The minimum absolute atomic E-state index is 0.268. The number of rotatable bonds is 4. The van der Waals surface area contributed by atoms with E-state index < -0.39 is 68.0 Å². The summed E-state index contributed by atoms with van der Waals surface area (Å²) in [5, 5.41) is 67.3. The Hall–Kier alpha value is -0.910. The van der Waals surface area contributed by atoms with Crippen molar-refractivity contribution in [1.29, 1.82) is 5.26 Å². The van der Waals surface area contributed by atoms with Crippen LogP contribution in [0.2, 0.25) is 0 Å². The second-order valence-corrected chi connectivity index (χ2v) is 5.79. The summed E-state index contributed by atoms with van der Waals surface area (Å²) in [5.74, 6) is 0. The van der Waals surface area contributed by atoms with Gasteiger partial charge in [-0.2, -0.15) is 5.26 Å². The van der Waals surface area contributed by atoms with Gasteiger partial charge in [-0.1, -0.05) is 0 Å². The topological polar surface area (TPSA) is 199 Å². The van der Waals surface area contributed by atoms with Gasteiger partial charge in [-0.05, 0) is 0 Å². The van der Waals surface area contributed by atoms with Gasteiger partial charge >= 0.3 is 0 Å². The molecule has 2 fully saturated rings. The van der Waals surface area contributed by atoms with Gasteiger partial charge in [0.2, 0.25) is 0 Å². The number of nitrogens with zero attached hydrogens (tertiary/aromatic N) is 1. The fraction of sp³-hybridized carbons (Fsp3) is 0.923. The summed E-state index contributed by atoms with van der Waals surface area (Å²) >= 11 is 0. The zero-order valence-electron chi connectivity index (χ0n) is 12.6. The van der Waals surface area contributed by atoms with E-state index in [9.17, 15) is 30.6 Å². The van der Waals surface area contributed by atoms with Gasteiger partial charge in [-0.3, -0.25) is 0 Å². The summed E-state index contributed by atoms with van der Waals surface area (Å²) in [4.78, 5) is 0. The van der Waals surface area contributed by atoms with Gasteiger partial charge in [-0.25, -0.2) is 0 Å². The Bertz CT molecular complexity index is 459. The second-order valence-electron chi connectivity index (χ2n) is 5.79. The van der Waals surface area contributed by atoms with Crippen LogP contribution in [-0.2, 0) is 14.2 Å². The molecule has 0 saturated carbocycles. The number of nitrogens with two attached hydrogens (primary N) is 1. The first-order valence-electron chi connectivity index (χ1n) is 7.42. The number of nitriles is 1. The van der Waals surface area contributed by atoms with Crippen LogP contribution in [0, 0.1) is 11.3 Å². The van der Waals surface area contributed by atoms with Gasteiger partial charge in [-0.15, -0.1) is 0 Å². The van der Waals surface area contributed by atoms with E-state index in [1.807, 2.05) is 0 Å². The summed E-state index contributed by atoms with van der Waals surface area (Å²) in [6.07, 6.45) is -13.1. The monoisotopic (exact) mass is 350 g/mol. The van der Waals surface area contributed by atoms with Crippen molar-refractivity contribution in [2.45, 2.75) is 67.8 Å². The van der Waals surface area contributed by atoms with Crippen molar-refractivity contribution in [2.24, 2.45) is 5.73 Å². The van der Waals surface area contributed by atoms with Gasteiger partial charge in [0.25, 0.3) is 0 Å². The van der Waals surface area contributed by atoms with Crippen molar-refractivity contribution >= 4 is 0 Å². The van der Waals surface area contributed by atoms with Gasteiger partial charge < -0.3 is 50.6 Å². The first kappa shape index (κ1) is 19.4. The van der Waals surface area contributed by atoms with E-state index in [4.69, 9.17) is 25.2 Å². The molecule has 0 radical (unpaired) electrons. The molecule has 0 spiro atoms. The van der Waals surface area contributed by atoms with Crippen LogP contribution in [0.3, 0.4) is 0 Å². The predicted octanol–water partition coefficient (Wildman–Crippen LogP) is -4.51. The van der Waals surface area contributed by atoms with E-state index in [-0.39, 0.29) is 6.42 Å². The molecule has 2 unspecified atom stereocenters. The van der Waals surface area contributed by atoms with Crippen LogP contribution in [0.1, 0.15) is 6.42 Å². The van der Waals surface area contributed by atoms with E-state index in [1.165, 1.54) is 0 Å². The fourth-order valence-electron chi connectivity index (χ4n) is 2.71.